The van der Waals surface area contributed by atoms with Crippen molar-refractivity contribution in [2.24, 2.45) is 11.8 Å². The summed E-state index contributed by atoms with van der Waals surface area (Å²) in [5.41, 5.74) is 0.376. The Balaban J connectivity index is 1.28. The van der Waals surface area contributed by atoms with Crippen molar-refractivity contribution in [2.75, 3.05) is 20.3 Å². The first kappa shape index (κ1) is 34.3. The summed E-state index contributed by atoms with van der Waals surface area (Å²) >= 11 is 0. The number of epoxide rings is 1. The normalized spacial score (nSPS) is 38.6. The number of aliphatic hydroxyl groups is 1. The first-order chi connectivity index (χ1) is 21.0. The van der Waals surface area contributed by atoms with Crippen molar-refractivity contribution >= 4 is 18.3 Å². The van der Waals surface area contributed by atoms with Gasteiger partial charge in [-0.05, 0) is 57.4 Å². The van der Waals surface area contributed by atoms with Crippen LogP contribution in [0.25, 0.3) is 0 Å². The standard InChI is InChI=1S/C33H50N2O9/c1-20(9-13-29-31(38)33(19-42-33)17-25(44-29)16-30(37)41-5)8-12-28-22(3)15-26(23(4)43-28)34-24-10-11-27(21(2)7-6-14-36)35(18-24)32(39)40/h6-9,13-14,21-29,31,34,38H,10-12,15-19H2,1-5H3,(H,39,40)/b7-6?,13-9+,20-8+/t21?,22-,23+,24?,25+,26+,27-,28-,29+,31+,33+/m0/s1. The fourth-order valence-corrected chi connectivity index (χ4v) is 6.97. The van der Waals surface area contributed by atoms with Crippen LogP contribution in [-0.2, 0) is 28.5 Å². The van der Waals surface area contributed by atoms with Gasteiger partial charge in [0.1, 0.15) is 24.1 Å². The molecule has 3 N–H and O–H groups in total. The Hall–Kier alpha value is -2.57. The van der Waals surface area contributed by atoms with Gasteiger partial charge in [0.2, 0.25) is 0 Å². The summed E-state index contributed by atoms with van der Waals surface area (Å²) in [6.45, 7) is 9.08. The lowest BCUT2D eigenvalue weighted by Crippen LogP contribution is -2.59. The number of likely N-dealkylation sites (tertiary alicyclic amines) is 1. The predicted molar refractivity (Wildman–Crippen MR) is 163 cm³/mol. The summed E-state index contributed by atoms with van der Waals surface area (Å²) in [4.78, 5) is 36.1. The van der Waals surface area contributed by atoms with Gasteiger partial charge >= 0.3 is 12.1 Å². The van der Waals surface area contributed by atoms with Crippen LogP contribution in [0, 0.1) is 11.8 Å². The highest BCUT2D eigenvalue weighted by molar-refractivity contribution is 5.69. The SMILES string of the molecule is COC(=O)C[C@@H]1C[C@@]2(CO2)[C@H](O)[C@@H](/C=C/C(C)=C/C[C@@H]2O[C@H](C)[C@H](NC3CC[C@@H](C(C)C=CC=O)N(C(=O)O)C3)C[C@@H]2C)O1. The van der Waals surface area contributed by atoms with Crippen LogP contribution in [0.3, 0.4) is 0 Å². The predicted octanol–water partition coefficient (Wildman–Crippen LogP) is 3.40. The van der Waals surface area contributed by atoms with Crippen LogP contribution in [0.2, 0.25) is 0 Å². The second kappa shape index (κ2) is 15.1. The Kier molecular flexibility index (Phi) is 11.8. The van der Waals surface area contributed by atoms with E-state index in [4.69, 9.17) is 18.9 Å². The van der Waals surface area contributed by atoms with Crippen LogP contribution in [-0.4, -0.2) is 108 Å². The Morgan fingerprint density at radius 1 is 1.23 bits per heavy atom. The van der Waals surface area contributed by atoms with E-state index in [9.17, 15) is 24.6 Å². The molecule has 0 aromatic rings. The van der Waals surface area contributed by atoms with E-state index in [1.165, 1.54) is 18.1 Å². The van der Waals surface area contributed by atoms with E-state index in [1.54, 1.807) is 6.08 Å². The van der Waals surface area contributed by atoms with Gasteiger partial charge in [-0.3, -0.25) is 9.59 Å². The smallest absolute Gasteiger partial charge is 0.407 e. The maximum atomic E-state index is 12.0. The highest BCUT2D eigenvalue weighted by atomic mass is 16.6. The van der Waals surface area contributed by atoms with Crippen molar-refractivity contribution < 1.29 is 43.5 Å². The Bertz CT molecular complexity index is 1100. The van der Waals surface area contributed by atoms with Crippen molar-refractivity contribution in [3.63, 3.8) is 0 Å². The molecule has 0 bridgehead atoms. The largest absolute Gasteiger partial charge is 0.469 e. The molecular formula is C33H50N2O9. The molecule has 0 aromatic carbocycles. The Morgan fingerprint density at radius 3 is 2.64 bits per heavy atom. The van der Waals surface area contributed by atoms with Crippen molar-refractivity contribution in [2.45, 2.75) is 120 Å². The second-order valence-corrected chi connectivity index (χ2v) is 13.1. The highest BCUT2D eigenvalue weighted by Crippen LogP contribution is 2.43. The monoisotopic (exact) mass is 618 g/mol. The number of aldehydes is 1. The lowest BCUT2D eigenvalue weighted by molar-refractivity contribution is -0.157. The summed E-state index contributed by atoms with van der Waals surface area (Å²) < 4.78 is 22.9. The zero-order valence-corrected chi connectivity index (χ0v) is 26.6. The third-order valence-corrected chi connectivity index (χ3v) is 9.77. The minimum atomic E-state index is -0.934. The van der Waals surface area contributed by atoms with Crippen molar-refractivity contribution in [1.82, 2.24) is 10.2 Å². The molecule has 11 atom stereocenters. The number of nitrogens with one attached hydrogen (secondary N) is 1. The van der Waals surface area contributed by atoms with E-state index in [0.717, 1.165) is 37.5 Å². The number of piperidine rings is 1. The first-order valence-electron chi connectivity index (χ1n) is 15.9. The lowest BCUT2D eigenvalue weighted by Gasteiger charge is -2.44. The van der Waals surface area contributed by atoms with Gasteiger partial charge < -0.3 is 39.4 Å². The number of nitrogens with zero attached hydrogens (tertiary/aromatic N) is 1. The molecule has 4 aliphatic rings. The molecule has 4 saturated heterocycles. The minimum Gasteiger partial charge on any atom is -0.469 e. The summed E-state index contributed by atoms with van der Waals surface area (Å²) in [5.74, 6) is -0.0842. The van der Waals surface area contributed by atoms with E-state index in [1.807, 2.05) is 26.0 Å². The van der Waals surface area contributed by atoms with Gasteiger partial charge in [-0.2, -0.15) is 0 Å². The quantitative estimate of drug-likeness (QED) is 0.103. The van der Waals surface area contributed by atoms with E-state index in [2.05, 4.69) is 25.2 Å². The van der Waals surface area contributed by atoms with E-state index in [0.29, 0.717) is 25.5 Å². The van der Waals surface area contributed by atoms with Gasteiger partial charge in [0.25, 0.3) is 0 Å². The first-order valence-corrected chi connectivity index (χ1v) is 15.9. The molecule has 1 amide bonds. The number of allylic oxidation sites excluding steroid dienone is 3. The summed E-state index contributed by atoms with van der Waals surface area (Å²) in [5, 5.41) is 24.4. The van der Waals surface area contributed by atoms with Crippen molar-refractivity contribution in [3.8, 4) is 0 Å². The molecule has 0 aromatic heterocycles. The number of hydrogen-bond acceptors (Lipinski definition) is 9. The van der Waals surface area contributed by atoms with Crippen molar-refractivity contribution in [1.29, 1.82) is 0 Å². The molecule has 246 valence electrons. The summed E-state index contributed by atoms with van der Waals surface area (Å²) in [6.07, 6.45) is 11.0. The third kappa shape index (κ3) is 8.57. The fourth-order valence-electron chi connectivity index (χ4n) is 6.97. The lowest BCUT2D eigenvalue weighted by atomic mass is 9.86. The van der Waals surface area contributed by atoms with Crippen LogP contribution in [0.5, 0.6) is 0 Å². The molecule has 0 radical (unpaired) electrons. The topological polar surface area (TPSA) is 147 Å². The van der Waals surface area contributed by atoms with Crippen LogP contribution >= 0.6 is 0 Å². The van der Waals surface area contributed by atoms with Gasteiger partial charge in [0.15, 0.2) is 0 Å². The summed E-state index contributed by atoms with van der Waals surface area (Å²) in [6, 6.07) is 0.0172. The molecule has 0 saturated carbocycles. The fraction of sp³-hybridized carbons (Fsp3) is 0.727. The number of carbonyl (C=O) groups excluding carboxylic acids is 2. The molecule has 4 aliphatic heterocycles. The van der Waals surface area contributed by atoms with Crippen LogP contribution < -0.4 is 5.32 Å². The zero-order valence-electron chi connectivity index (χ0n) is 26.6. The van der Waals surface area contributed by atoms with Crippen LogP contribution in [0.15, 0.2) is 36.0 Å². The summed E-state index contributed by atoms with van der Waals surface area (Å²) in [7, 11) is 1.35. The van der Waals surface area contributed by atoms with Gasteiger partial charge in [0.05, 0.1) is 38.4 Å². The molecule has 4 rings (SSSR count). The number of carbonyl (C=O) groups is 3. The average molecular weight is 619 g/mol. The number of rotatable bonds is 11. The highest BCUT2D eigenvalue weighted by Gasteiger charge is 2.58. The van der Waals surface area contributed by atoms with Gasteiger partial charge in [-0.1, -0.05) is 43.7 Å². The molecule has 44 heavy (non-hydrogen) atoms. The molecular weight excluding hydrogens is 568 g/mol. The molecule has 4 fully saturated rings. The Labute approximate surface area is 260 Å². The van der Waals surface area contributed by atoms with Gasteiger partial charge in [-0.25, -0.2) is 4.79 Å². The molecule has 11 heteroatoms. The average Bonchev–Trinajstić information content (AvgIpc) is 3.77. The number of amides is 1. The van der Waals surface area contributed by atoms with Gasteiger partial charge in [0, 0.05) is 31.1 Å². The second-order valence-electron chi connectivity index (χ2n) is 13.1. The number of methoxy groups -OCH3 is 1. The molecule has 1 spiro atoms. The number of ether oxygens (including phenoxy) is 4. The van der Waals surface area contributed by atoms with Crippen molar-refractivity contribution in [3.05, 3.63) is 36.0 Å². The Morgan fingerprint density at radius 2 is 1.98 bits per heavy atom. The van der Waals surface area contributed by atoms with E-state index >= 15 is 0 Å². The number of hydrogen-bond donors (Lipinski definition) is 3. The molecule has 11 nitrogen and oxygen atoms in total. The van der Waals surface area contributed by atoms with Crippen LogP contribution in [0.1, 0.15) is 66.2 Å². The molecule has 2 unspecified atom stereocenters. The minimum absolute atomic E-state index is 0.0295. The molecule has 4 heterocycles. The third-order valence-electron chi connectivity index (χ3n) is 9.77. The van der Waals surface area contributed by atoms with Gasteiger partial charge in [-0.15, -0.1) is 0 Å². The van der Waals surface area contributed by atoms with Crippen LogP contribution in [0.4, 0.5) is 4.79 Å². The molecule has 0 aliphatic carbocycles. The number of esters is 1. The zero-order chi connectivity index (χ0) is 32.0. The number of carboxylic acid groups (broad SMARTS) is 1. The van der Waals surface area contributed by atoms with E-state index in [-0.39, 0.29) is 54.7 Å². The maximum absolute atomic E-state index is 12.0. The number of aliphatic hydroxyl groups excluding tert-OH is 1. The van der Waals surface area contributed by atoms with E-state index < -0.39 is 23.9 Å². The maximum Gasteiger partial charge on any atom is 0.407 e.